The number of carbonyl (C=O) groups excluding carboxylic acids is 2. The van der Waals surface area contributed by atoms with Gasteiger partial charge in [-0.2, -0.15) is 0 Å². The second-order valence-corrected chi connectivity index (χ2v) is 13.3. The van der Waals surface area contributed by atoms with Crippen LogP contribution in [-0.4, -0.2) is 77.8 Å². The molecule has 49 heavy (non-hydrogen) atoms. The van der Waals surface area contributed by atoms with E-state index in [1.54, 1.807) is 11.0 Å². The van der Waals surface area contributed by atoms with Crippen LogP contribution in [0.1, 0.15) is 34.3 Å². The quantitative estimate of drug-likeness (QED) is 0.118. The lowest BCUT2D eigenvalue weighted by Gasteiger charge is -2.32. The predicted octanol–water partition coefficient (Wildman–Crippen LogP) is 6.08. The molecular formula is C38H41N5O5S. The number of ether oxygens (including phenoxy) is 1. The molecule has 0 unspecified atom stereocenters. The Balaban J connectivity index is 0.914. The van der Waals surface area contributed by atoms with Gasteiger partial charge in [-0.05, 0) is 66.8 Å². The Morgan fingerprint density at radius 2 is 1.78 bits per heavy atom. The standard InChI is InChI=1S/C38H41N5O5S/c1-42(36(45)29-11-7-8-26(24-29)25-39-19-16-28-14-15-33(44)34-35(28)49-38(47)41-34)22-23-43-20-17-30(18-21-43)48-37(46)40-32-13-6-5-12-31(32)27-9-3-2-4-10-27/h2-15,24,30,39,44H,16-23,25H2,1H3,(H,40,46)(H,41,47). The predicted molar refractivity (Wildman–Crippen MR) is 194 cm³/mol. The van der Waals surface area contributed by atoms with Gasteiger partial charge in [0, 0.05) is 50.9 Å². The van der Waals surface area contributed by atoms with Crippen LogP contribution < -0.4 is 15.5 Å². The summed E-state index contributed by atoms with van der Waals surface area (Å²) in [6, 6.07) is 28.8. The van der Waals surface area contributed by atoms with Crippen LogP contribution in [0.3, 0.4) is 0 Å². The number of anilines is 1. The molecule has 0 atom stereocenters. The maximum atomic E-state index is 13.3. The van der Waals surface area contributed by atoms with E-state index >= 15 is 0 Å². The van der Waals surface area contributed by atoms with E-state index in [-0.39, 0.29) is 22.6 Å². The first-order valence-corrected chi connectivity index (χ1v) is 17.4. The van der Waals surface area contributed by atoms with Gasteiger partial charge in [-0.15, -0.1) is 0 Å². The normalized spacial score (nSPS) is 13.7. The molecule has 0 aliphatic carbocycles. The number of rotatable bonds is 12. The second kappa shape index (κ2) is 16.0. The van der Waals surface area contributed by atoms with Gasteiger partial charge in [-0.25, -0.2) is 4.79 Å². The molecule has 11 heteroatoms. The third kappa shape index (κ3) is 8.74. The van der Waals surface area contributed by atoms with Crippen molar-refractivity contribution in [2.45, 2.75) is 31.9 Å². The summed E-state index contributed by atoms with van der Waals surface area (Å²) in [5, 5.41) is 16.4. The zero-order valence-electron chi connectivity index (χ0n) is 27.5. The molecule has 5 aromatic rings. The van der Waals surface area contributed by atoms with E-state index in [4.69, 9.17) is 4.74 Å². The molecule has 6 rings (SSSR count). The number of hydrogen-bond donors (Lipinski definition) is 4. The van der Waals surface area contributed by atoms with E-state index in [1.165, 1.54) is 0 Å². The molecule has 1 aliphatic rings. The molecule has 0 bridgehead atoms. The molecule has 1 saturated heterocycles. The van der Waals surface area contributed by atoms with E-state index < -0.39 is 6.09 Å². The van der Waals surface area contributed by atoms with Gasteiger partial charge in [-0.1, -0.05) is 78.1 Å². The number of phenols is 1. The van der Waals surface area contributed by atoms with Crippen molar-refractivity contribution in [2.24, 2.45) is 0 Å². The summed E-state index contributed by atoms with van der Waals surface area (Å²) in [4.78, 5) is 44.4. The van der Waals surface area contributed by atoms with Crippen LogP contribution in [0.15, 0.2) is 95.8 Å². The number of aromatic amines is 1. The van der Waals surface area contributed by atoms with Crippen molar-refractivity contribution in [2.75, 3.05) is 45.1 Å². The van der Waals surface area contributed by atoms with Gasteiger partial charge in [0.15, 0.2) is 0 Å². The van der Waals surface area contributed by atoms with Gasteiger partial charge < -0.3 is 29.9 Å². The maximum Gasteiger partial charge on any atom is 0.411 e. The lowest BCUT2D eigenvalue weighted by atomic mass is 10.0. The lowest BCUT2D eigenvalue weighted by Crippen LogP contribution is -2.42. The number of piperidine rings is 1. The van der Waals surface area contributed by atoms with Crippen LogP contribution in [0.25, 0.3) is 21.3 Å². The van der Waals surface area contributed by atoms with Crippen LogP contribution in [0, 0.1) is 0 Å². The molecule has 0 radical (unpaired) electrons. The SMILES string of the molecule is CN(CCN1CCC(OC(=O)Nc2ccccc2-c2ccccc2)CC1)C(=O)c1cccc(CNCCc2ccc(O)c3[nH]c(=O)sc23)c1. The number of amides is 2. The minimum absolute atomic E-state index is 0.0265. The molecule has 2 heterocycles. The number of aromatic hydroxyl groups is 1. The number of H-pyrrole nitrogens is 1. The largest absolute Gasteiger partial charge is 0.506 e. The van der Waals surface area contributed by atoms with Crippen molar-refractivity contribution >= 4 is 39.2 Å². The number of carbonyl (C=O) groups is 2. The smallest absolute Gasteiger partial charge is 0.411 e. The third-order valence-electron chi connectivity index (χ3n) is 8.87. The van der Waals surface area contributed by atoms with Crippen LogP contribution in [-0.2, 0) is 17.7 Å². The van der Waals surface area contributed by atoms with Gasteiger partial charge in [0.05, 0.1) is 10.4 Å². The van der Waals surface area contributed by atoms with Crippen LogP contribution in [0.4, 0.5) is 10.5 Å². The van der Waals surface area contributed by atoms with Crippen LogP contribution in [0.5, 0.6) is 5.75 Å². The Bertz CT molecular complexity index is 1950. The van der Waals surface area contributed by atoms with Crippen LogP contribution in [0.2, 0.25) is 0 Å². The summed E-state index contributed by atoms with van der Waals surface area (Å²) in [6.45, 7) is 4.20. The van der Waals surface area contributed by atoms with E-state index in [0.717, 1.165) is 76.5 Å². The summed E-state index contributed by atoms with van der Waals surface area (Å²) < 4.78 is 6.56. The first-order chi connectivity index (χ1) is 23.8. The number of thiazole rings is 1. The molecule has 0 saturated carbocycles. The second-order valence-electron chi connectivity index (χ2n) is 12.3. The highest BCUT2D eigenvalue weighted by molar-refractivity contribution is 7.16. The first kappa shape index (κ1) is 33.9. The number of benzene rings is 4. The fraction of sp³-hybridized carbons (Fsp3) is 0.289. The monoisotopic (exact) mass is 679 g/mol. The van der Waals surface area contributed by atoms with Gasteiger partial charge >= 0.3 is 11.0 Å². The molecule has 2 amide bonds. The van der Waals surface area contributed by atoms with E-state index in [0.29, 0.717) is 37.1 Å². The summed E-state index contributed by atoms with van der Waals surface area (Å²) in [5.41, 5.74) is 5.83. The Hall–Kier alpha value is -4.97. The molecule has 1 aliphatic heterocycles. The van der Waals surface area contributed by atoms with Crippen molar-refractivity contribution in [3.8, 4) is 16.9 Å². The number of hydrogen-bond acceptors (Lipinski definition) is 8. The maximum absolute atomic E-state index is 13.3. The molecule has 4 aromatic carbocycles. The molecule has 4 N–H and O–H groups in total. The Kier molecular flexibility index (Phi) is 11.0. The highest BCUT2D eigenvalue weighted by Gasteiger charge is 2.23. The number of nitrogens with one attached hydrogen (secondary N) is 3. The highest BCUT2D eigenvalue weighted by Crippen LogP contribution is 2.29. The van der Waals surface area contributed by atoms with E-state index in [2.05, 4.69) is 20.5 Å². The van der Waals surface area contributed by atoms with Crippen molar-refractivity contribution < 1.29 is 19.4 Å². The molecule has 10 nitrogen and oxygen atoms in total. The van der Waals surface area contributed by atoms with Crippen molar-refractivity contribution in [3.05, 3.63) is 117 Å². The number of aromatic nitrogens is 1. The van der Waals surface area contributed by atoms with Crippen molar-refractivity contribution in [3.63, 3.8) is 0 Å². The Morgan fingerprint density at radius 3 is 2.59 bits per heavy atom. The molecular weight excluding hydrogens is 639 g/mol. The minimum Gasteiger partial charge on any atom is -0.506 e. The summed E-state index contributed by atoms with van der Waals surface area (Å²) in [7, 11) is 1.83. The average molecular weight is 680 g/mol. The summed E-state index contributed by atoms with van der Waals surface area (Å²) in [5.74, 6) is 0.0516. The molecule has 1 aromatic heterocycles. The van der Waals surface area contributed by atoms with Gasteiger partial charge in [0.1, 0.15) is 17.4 Å². The number of likely N-dealkylation sites (N-methyl/N-ethyl adjacent to an activating group) is 1. The first-order valence-electron chi connectivity index (χ1n) is 16.6. The van der Waals surface area contributed by atoms with Gasteiger partial charge in [-0.3, -0.25) is 14.9 Å². The third-order valence-corrected chi connectivity index (χ3v) is 9.83. The van der Waals surface area contributed by atoms with Gasteiger partial charge in [0.2, 0.25) is 0 Å². The zero-order valence-corrected chi connectivity index (χ0v) is 28.3. The minimum atomic E-state index is -0.445. The number of para-hydroxylation sites is 1. The van der Waals surface area contributed by atoms with Gasteiger partial charge in [0.25, 0.3) is 5.91 Å². The molecule has 1 fully saturated rings. The lowest BCUT2D eigenvalue weighted by molar-refractivity contribution is 0.0540. The number of fused-ring (bicyclic) bond motifs is 1. The van der Waals surface area contributed by atoms with Crippen molar-refractivity contribution in [1.29, 1.82) is 0 Å². The number of likely N-dealkylation sites (tertiary alicyclic amines) is 1. The number of nitrogens with zero attached hydrogens (tertiary/aromatic N) is 2. The van der Waals surface area contributed by atoms with E-state index in [9.17, 15) is 19.5 Å². The Morgan fingerprint density at radius 1 is 1.00 bits per heavy atom. The average Bonchev–Trinajstić information content (AvgIpc) is 3.53. The molecule has 254 valence electrons. The van der Waals surface area contributed by atoms with Crippen LogP contribution >= 0.6 is 11.3 Å². The fourth-order valence-electron chi connectivity index (χ4n) is 6.16. The summed E-state index contributed by atoms with van der Waals surface area (Å²) >= 11 is 1.11. The zero-order chi connectivity index (χ0) is 34.2. The van der Waals surface area contributed by atoms with E-state index in [1.807, 2.05) is 92.0 Å². The van der Waals surface area contributed by atoms with Crippen molar-refractivity contribution in [1.82, 2.24) is 20.1 Å². The summed E-state index contributed by atoms with van der Waals surface area (Å²) in [6.07, 6.45) is 1.58. The molecule has 0 spiro atoms. The highest BCUT2D eigenvalue weighted by atomic mass is 32.1. The topological polar surface area (TPSA) is 127 Å². The number of phenolic OH excluding ortho intramolecular Hbond substituents is 1. The Labute approximate surface area is 289 Å². The fourth-order valence-corrected chi connectivity index (χ4v) is 7.05.